The van der Waals surface area contributed by atoms with Gasteiger partial charge in [0.1, 0.15) is 0 Å². The number of carbonyl (C=O) groups is 1. The fourth-order valence-corrected chi connectivity index (χ4v) is 1.30. The van der Waals surface area contributed by atoms with E-state index in [0.717, 1.165) is 0 Å². The lowest BCUT2D eigenvalue weighted by Gasteiger charge is -2.29. The molecule has 0 spiro atoms. The number of nitrogens with zero attached hydrogens (tertiary/aromatic N) is 2. The molecule has 0 radical (unpaired) electrons. The molecule has 0 rings (SSSR count). The molecule has 0 N–H and O–H groups in total. The highest BCUT2D eigenvalue weighted by atomic mass is 35.5. The Hall–Kier alpha value is -0.820. The maximum absolute atomic E-state index is 12.6. The van der Waals surface area contributed by atoms with Gasteiger partial charge in [0, 0.05) is 13.1 Å². The van der Waals surface area contributed by atoms with Gasteiger partial charge < -0.3 is 4.90 Å². The summed E-state index contributed by atoms with van der Waals surface area (Å²) in [7, 11) is 0. The summed E-state index contributed by atoms with van der Waals surface area (Å²) in [6, 6.07) is 1.92. The Morgan fingerprint density at radius 3 is 2.47 bits per heavy atom. The molecule has 0 aliphatic heterocycles. The van der Waals surface area contributed by atoms with Gasteiger partial charge in [0.25, 0.3) is 11.5 Å². The summed E-state index contributed by atoms with van der Waals surface area (Å²) in [5.41, 5.74) is -2.16. The van der Waals surface area contributed by atoms with Gasteiger partial charge in [0.15, 0.2) is 0 Å². The van der Waals surface area contributed by atoms with E-state index in [1.807, 2.05) is 26.8 Å². The maximum atomic E-state index is 12.6. The van der Waals surface area contributed by atoms with Crippen LogP contribution in [0.5, 0.6) is 0 Å². The van der Waals surface area contributed by atoms with E-state index >= 15 is 0 Å². The summed E-state index contributed by atoms with van der Waals surface area (Å²) in [6.45, 7) is 6.41. The molecule has 1 amide bonds. The quantitative estimate of drug-likeness (QED) is 0.701. The molecule has 3 nitrogen and oxygen atoms in total. The van der Waals surface area contributed by atoms with E-state index in [0.29, 0.717) is 6.54 Å². The Bertz CT molecular complexity index is 255. The van der Waals surface area contributed by atoms with Crippen LogP contribution in [0.2, 0.25) is 0 Å². The van der Waals surface area contributed by atoms with Crippen molar-refractivity contribution in [2.45, 2.75) is 32.8 Å². The number of rotatable bonds is 4. The lowest BCUT2D eigenvalue weighted by atomic mass is 9.96. The average Bonchev–Trinajstić information content (AvgIpc) is 2.09. The molecule has 0 aromatic carbocycles. The van der Waals surface area contributed by atoms with Gasteiger partial charge >= 0.3 is 0 Å². The van der Waals surface area contributed by atoms with Gasteiger partial charge in [-0.1, -0.05) is 32.4 Å². The van der Waals surface area contributed by atoms with Crippen molar-refractivity contribution >= 4 is 17.5 Å². The number of halogens is 2. The zero-order valence-electron chi connectivity index (χ0n) is 9.26. The highest BCUT2D eigenvalue weighted by Crippen LogP contribution is 2.17. The Kier molecular flexibility index (Phi) is 5.59. The Morgan fingerprint density at radius 2 is 2.13 bits per heavy atom. The molecule has 0 heterocycles. The Morgan fingerprint density at radius 1 is 1.60 bits per heavy atom. The van der Waals surface area contributed by atoms with Crippen LogP contribution in [0.3, 0.4) is 0 Å². The van der Waals surface area contributed by atoms with E-state index in [1.54, 1.807) is 0 Å². The molecule has 1 atom stereocenters. The van der Waals surface area contributed by atoms with Crippen LogP contribution in [0.15, 0.2) is 0 Å². The lowest BCUT2D eigenvalue weighted by Crippen LogP contribution is -2.41. The van der Waals surface area contributed by atoms with Crippen molar-refractivity contribution in [3.63, 3.8) is 0 Å². The van der Waals surface area contributed by atoms with Crippen LogP contribution in [0, 0.1) is 16.7 Å². The Balaban J connectivity index is 4.45. The van der Waals surface area contributed by atoms with Crippen molar-refractivity contribution in [1.29, 1.82) is 5.26 Å². The summed E-state index contributed by atoms with van der Waals surface area (Å²) in [5.74, 6) is -0.762. The number of nitriles is 1. The topological polar surface area (TPSA) is 44.1 Å². The third-order valence-corrected chi connectivity index (χ3v) is 1.84. The molecular weight excluding hydrogens is 219 g/mol. The van der Waals surface area contributed by atoms with Gasteiger partial charge in [0.2, 0.25) is 0 Å². The van der Waals surface area contributed by atoms with E-state index < -0.39 is 11.5 Å². The Labute approximate surface area is 94.8 Å². The normalized spacial score (nSPS) is 13.1. The highest BCUT2D eigenvalue weighted by molar-refractivity contribution is 6.29. The maximum Gasteiger partial charge on any atom is 0.272 e. The predicted molar refractivity (Wildman–Crippen MR) is 57.0 cm³/mol. The van der Waals surface area contributed by atoms with Gasteiger partial charge in [-0.05, 0) is 5.41 Å². The summed E-state index contributed by atoms with van der Waals surface area (Å²) in [4.78, 5) is 12.6. The fraction of sp³-hybridized carbons (Fsp3) is 0.800. The molecule has 0 aliphatic carbocycles. The van der Waals surface area contributed by atoms with Crippen LogP contribution in [-0.4, -0.2) is 29.5 Å². The summed E-state index contributed by atoms with van der Waals surface area (Å²) < 4.78 is 12.6. The van der Waals surface area contributed by atoms with Crippen molar-refractivity contribution < 1.29 is 9.18 Å². The van der Waals surface area contributed by atoms with E-state index in [-0.39, 0.29) is 18.4 Å². The first-order valence-electron chi connectivity index (χ1n) is 4.72. The van der Waals surface area contributed by atoms with Crippen LogP contribution >= 0.6 is 11.6 Å². The monoisotopic (exact) mass is 234 g/mol. The van der Waals surface area contributed by atoms with Crippen LogP contribution in [0.25, 0.3) is 0 Å². The minimum absolute atomic E-state index is 0.142. The van der Waals surface area contributed by atoms with Gasteiger partial charge in [-0.15, -0.1) is 0 Å². The first-order valence-corrected chi connectivity index (χ1v) is 5.15. The van der Waals surface area contributed by atoms with Gasteiger partial charge in [-0.2, -0.15) is 5.26 Å². The molecule has 0 saturated carbocycles. The number of amides is 1. The number of alkyl halides is 2. The SMILES string of the molecule is CC(C)(C)CN(CCC#N)C(=O)C(F)Cl. The molecule has 15 heavy (non-hydrogen) atoms. The highest BCUT2D eigenvalue weighted by Gasteiger charge is 2.25. The van der Waals surface area contributed by atoms with E-state index in [2.05, 4.69) is 0 Å². The third-order valence-electron chi connectivity index (χ3n) is 1.66. The van der Waals surface area contributed by atoms with Gasteiger partial charge in [-0.25, -0.2) is 4.39 Å². The van der Waals surface area contributed by atoms with Crippen molar-refractivity contribution in [2.75, 3.05) is 13.1 Å². The predicted octanol–water partition coefficient (Wildman–Crippen LogP) is 2.31. The fourth-order valence-electron chi connectivity index (χ4n) is 1.16. The number of hydrogen-bond acceptors (Lipinski definition) is 2. The second kappa shape index (κ2) is 5.92. The molecule has 86 valence electrons. The minimum Gasteiger partial charge on any atom is -0.338 e. The van der Waals surface area contributed by atoms with Crippen molar-refractivity contribution in [3.8, 4) is 6.07 Å². The van der Waals surface area contributed by atoms with Crippen LogP contribution in [-0.2, 0) is 4.79 Å². The van der Waals surface area contributed by atoms with Crippen molar-refractivity contribution in [1.82, 2.24) is 4.90 Å². The average molecular weight is 235 g/mol. The number of carbonyl (C=O) groups excluding carboxylic acids is 1. The second-order valence-electron chi connectivity index (χ2n) is 4.53. The molecule has 0 saturated heterocycles. The number of hydrogen-bond donors (Lipinski definition) is 0. The van der Waals surface area contributed by atoms with Crippen molar-refractivity contribution in [3.05, 3.63) is 0 Å². The first kappa shape index (κ1) is 14.2. The molecule has 0 aromatic heterocycles. The second-order valence-corrected chi connectivity index (χ2v) is 4.91. The zero-order chi connectivity index (χ0) is 12.1. The van der Waals surface area contributed by atoms with E-state index in [4.69, 9.17) is 16.9 Å². The van der Waals surface area contributed by atoms with Gasteiger partial charge in [0.05, 0.1) is 12.5 Å². The smallest absolute Gasteiger partial charge is 0.272 e. The molecule has 0 fully saturated rings. The summed E-state index contributed by atoms with van der Waals surface area (Å²) in [5, 5.41) is 8.42. The molecule has 1 unspecified atom stereocenters. The standard InChI is InChI=1S/C10H16ClFN2O/c1-10(2,3)7-14(6-4-5-13)9(15)8(11)12/h8H,4,6-7H2,1-3H3. The van der Waals surface area contributed by atoms with Crippen LogP contribution < -0.4 is 0 Å². The summed E-state index contributed by atoms with van der Waals surface area (Å²) in [6.07, 6.45) is 0.186. The van der Waals surface area contributed by atoms with Crippen LogP contribution in [0.1, 0.15) is 27.2 Å². The zero-order valence-corrected chi connectivity index (χ0v) is 10.0. The minimum atomic E-state index is -2.02. The largest absolute Gasteiger partial charge is 0.338 e. The third kappa shape index (κ3) is 6.29. The van der Waals surface area contributed by atoms with Crippen molar-refractivity contribution in [2.24, 2.45) is 5.41 Å². The molecule has 0 aromatic rings. The summed E-state index contributed by atoms with van der Waals surface area (Å²) >= 11 is 5.09. The lowest BCUT2D eigenvalue weighted by molar-refractivity contribution is -0.134. The van der Waals surface area contributed by atoms with Crippen LogP contribution in [0.4, 0.5) is 4.39 Å². The van der Waals surface area contributed by atoms with E-state index in [1.165, 1.54) is 4.90 Å². The van der Waals surface area contributed by atoms with Gasteiger partial charge in [-0.3, -0.25) is 4.79 Å². The molecular formula is C10H16ClFN2O. The first-order chi connectivity index (χ1) is 6.78. The molecule has 5 heteroatoms. The van der Waals surface area contributed by atoms with E-state index in [9.17, 15) is 9.18 Å². The molecule has 0 aliphatic rings. The molecule has 0 bridgehead atoms.